The van der Waals surface area contributed by atoms with Crippen molar-refractivity contribution in [3.8, 4) is 11.5 Å². The number of nitrogens with zero attached hydrogens (tertiary/aromatic N) is 1. The number of carbonyl (C=O) groups is 2. The lowest BCUT2D eigenvalue weighted by atomic mass is 9.94. The summed E-state index contributed by atoms with van der Waals surface area (Å²) in [6.45, 7) is 1.91. The van der Waals surface area contributed by atoms with Gasteiger partial charge in [0.05, 0.1) is 35.9 Å². The molecule has 1 aliphatic heterocycles. The second kappa shape index (κ2) is 9.41. The Kier molecular flexibility index (Phi) is 6.55. The van der Waals surface area contributed by atoms with E-state index >= 15 is 0 Å². The standard InChI is InChI=1S/C26H21Cl2NO5/c1-14-5-4-6-15(11-14)23-22(24(30)16-7-10-20(33-2)21(12-16)34-3)25(31)26(32)29(23)17-8-9-18(27)19(28)13-17/h4-13,23,30H,1-3H3/b24-22+. The van der Waals surface area contributed by atoms with Crippen LogP contribution in [0.4, 0.5) is 5.69 Å². The lowest BCUT2D eigenvalue weighted by Gasteiger charge is -2.26. The Hall–Kier alpha value is -3.48. The van der Waals surface area contributed by atoms with Crippen LogP contribution in [0.15, 0.2) is 66.2 Å². The highest BCUT2D eigenvalue weighted by atomic mass is 35.5. The molecule has 1 aliphatic rings. The summed E-state index contributed by atoms with van der Waals surface area (Å²) in [4.78, 5) is 27.9. The van der Waals surface area contributed by atoms with Crippen molar-refractivity contribution in [2.45, 2.75) is 13.0 Å². The molecule has 34 heavy (non-hydrogen) atoms. The van der Waals surface area contributed by atoms with Crippen LogP contribution in [0.5, 0.6) is 11.5 Å². The summed E-state index contributed by atoms with van der Waals surface area (Å²) in [6, 6.07) is 16.0. The van der Waals surface area contributed by atoms with E-state index in [9.17, 15) is 14.7 Å². The van der Waals surface area contributed by atoms with Gasteiger partial charge in [0.25, 0.3) is 11.7 Å². The molecule has 8 heteroatoms. The van der Waals surface area contributed by atoms with Gasteiger partial charge in [0.2, 0.25) is 0 Å². The third-order valence-electron chi connectivity index (χ3n) is 5.64. The first-order chi connectivity index (χ1) is 16.3. The van der Waals surface area contributed by atoms with E-state index in [1.165, 1.54) is 25.2 Å². The Bertz CT molecular complexity index is 1330. The number of anilines is 1. The smallest absolute Gasteiger partial charge is 0.300 e. The van der Waals surface area contributed by atoms with Gasteiger partial charge in [-0.05, 0) is 48.9 Å². The number of carbonyl (C=O) groups excluding carboxylic acids is 2. The normalized spacial score (nSPS) is 17.2. The average Bonchev–Trinajstić information content (AvgIpc) is 3.10. The first-order valence-electron chi connectivity index (χ1n) is 10.3. The number of Topliss-reactive ketones (excluding diaryl/α,β-unsaturated/α-hetero) is 1. The van der Waals surface area contributed by atoms with Gasteiger partial charge in [-0.15, -0.1) is 0 Å². The van der Waals surface area contributed by atoms with Crippen LogP contribution in [0.25, 0.3) is 5.76 Å². The van der Waals surface area contributed by atoms with Crippen molar-refractivity contribution >= 4 is 46.3 Å². The fourth-order valence-electron chi connectivity index (χ4n) is 4.03. The van der Waals surface area contributed by atoms with Crippen molar-refractivity contribution in [1.82, 2.24) is 0 Å². The Labute approximate surface area is 206 Å². The van der Waals surface area contributed by atoms with E-state index in [1.54, 1.807) is 36.4 Å². The molecule has 6 nitrogen and oxygen atoms in total. The van der Waals surface area contributed by atoms with Crippen LogP contribution in [0, 0.1) is 6.92 Å². The highest BCUT2D eigenvalue weighted by molar-refractivity contribution is 6.52. The Morgan fingerprint density at radius 1 is 0.912 bits per heavy atom. The molecule has 174 valence electrons. The van der Waals surface area contributed by atoms with Crippen molar-refractivity contribution in [3.63, 3.8) is 0 Å². The highest BCUT2D eigenvalue weighted by Crippen LogP contribution is 2.44. The number of benzene rings is 3. The molecule has 1 heterocycles. The van der Waals surface area contributed by atoms with E-state index in [0.717, 1.165) is 5.56 Å². The number of ketones is 1. The molecule has 0 radical (unpaired) electrons. The van der Waals surface area contributed by atoms with Gasteiger partial charge in [-0.2, -0.15) is 0 Å². The molecule has 1 amide bonds. The van der Waals surface area contributed by atoms with Gasteiger partial charge in [0, 0.05) is 11.3 Å². The molecule has 1 N–H and O–H groups in total. The molecule has 1 unspecified atom stereocenters. The number of hydrogen-bond acceptors (Lipinski definition) is 5. The zero-order valence-corrected chi connectivity index (χ0v) is 20.1. The van der Waals surface area contributed by atoms with Gasteiger partial charge >= 0.3 is 0 Å². The van der Waals surface area contributed by atoms with Crippen molar-refractivity contribution in [2.75, 3.05) is 19.1 Å². The van der Waals surface area contributed by atoms with Gasteiger partial charge in [0.1, 0.15) is 5.76 Å². The Morgan fingerprint density at radius 3 is 2.29 bits per heavy atom. The molecule has 4 rings (SSSR count). The van der Waals surface area contributed by atoms with E-state index in [4.69, 9.17) is 32.7 Å². The number of aliphatic hydroxyl groups excluding tert-OH is 1. The summed E-state index contributed by atoms with van der Waals surface area (Å²) < 4.78 is 10.6. The SMILES string of the molecule is COc1ccc(/C(O)=C2\C(=O)C(=O)N(c3ccc(Cl)c(Cl)c3)C2c2cccc(C)c2)cc1OC. The molecule has 0 saturated carbocycles. The van der Waals surface area contributed by atoms with E-state index in [2.05, 4.69) is 0 Å². The van der Waals surface area contributed by atoms with Crippen molar-refractivity contribution < 1.29 is 24.2 Å². The summed E-state index contributed by atoms with van der Waals surface area (Å²) in [5, 5.41) is 11.9. The quantitative estimate of drug-likeness (QED) is 0.268. The number of ether oxygens (including phenoxy) is 2. The summed E-state index contributed by atoms with van der Waals surface area (Å²) >= 11 is 12.3. The lowest BCUT2D eigenvalue weighted by Crippen LogP contribution is -2.29. The topological polar surface area (TPSA) is 76.1 Å². The highest BCUT2D eigenvalue weighted by Gasteiger charge is 2.47. The first kappa shape index (κ1) is 23.7. The maximum absolute atomic E-state index is 13.3. The molecule has 0 bridgehead atoms. The average molecular weight is 498 g/mol. The number of methoxy groups -OCH3 is 2. The third kappa shape index (κ3) is 4.11. The fourth-order valence-corrected chi connectivity index (χ4v) is 4.32. The molecule has 0 aliphatic carbocycles. The van der Waals surface area contributed by atoms with E-state index < -0.39 is 17.7 Å². The number of amides is 1. The molecule has 1 fully saturated rings. The molecule has 1 atom stereocenters. The minimum absolute atomic E-state index is 0.0473. The number of rotatable bonds is 5. The largest absolute Gasteiger partial charge is 0.507 e. The van der Waals surface area contributed by atoms with Crippen LogP contribution in [0.2, 0.25) is 10.0 Å². The van der Waals surface area contributed by atoms with Crippen molar-refractivity contribution in [1.29, 1.82) is 0 Å². The van der Waals surface area contributed by atoms with Crippen LogP contribution < -0.4 is 14.4 Å². The lowest BCUT2D eigenvalue weighted by molar-refractivity contribution is -0.132. The maximum Gasteiger partial charge on any atom is 0.300 e. The third-order valence-corrected chi connectivity index (χ3v) is 6.38. The monoisotopic (exact) mass is 497 g/mol. The zero-order valence-electron chi connectivity index (χ0n) is 18.6. The predicted octanol–water partition coefficient (Wildman–Crippen LogP) is 5.95. The minimum Gasteiger partial charge on any atom is -0.507 e. The molecular weight excluding hydrogens is 477 g/mol. The van der Waals surface area contributed by atoms with E-state index in [-0.39, 0.29) is 16.4 Å². The zero-order chi connectivity index (χ0) is 24.6. The predicted molar refractivity (Wildman–Crippen MR) is 132 cm³/mol. The van der Waals surface area contributed by atoms with Crippen LogP contribution in [-0.2, 0) is 9.59 Å². The molecule has 1 saturated heterocycles. The molecule has 3 aromatic rings. The Morgan fingerprint density at radius 2 is 1.65 bits per heavy atom. The number of aryl methyl sites for hydroxylation is 1. The second-order valence-electron chi connectivity index (χ2n) is 7.75. The number of halogens is 2. The van der Waals surface area contributed by atoms with Gasteiger partial charge in [-0.1, -0.05) is 53.0 Å². The van der Waals surface area contributed by atoms with Gasteiger partial charge in [0.15, 0.2) is 11.5 Å². The fraction of sp³-hybridized carbons (Fsp3) is 0.154. The van der Waals surface area contributed by atoms with Gasteiger partial charge in [-0.3, -0.25) is 14.5 Å². The molecular formula is C26H21Cl2NO5. The Balaban J connectivity index is 1.96. The van der Waals surface area contributed by atoms with Crippen LogP contribution >= 0.6 is 23.2 Å². The molecule has 0 spiro atoms. The van der Waals surface area contributed by atoms with Gasteiger partial charge < -0.3 is 14.6 Å². The summed E-state index contributed by atoms with van der Waals surface area (Å²) in [7, 11) is 2.97. The van der Waals surface area contributed by atoms with Crippen LogP contribution in [-0.4, -0.2) is 31.0 Å². The van der Waals surface area contributed by atoms with Crippen LogP contribution in [0.3, 0.4) is 0 Å². The summed E-state index contributed by atoms with van der Waals surface area (Å²) in [5.74, 6) is -1.09. The molecule has 3 aromatic carbocycles. The van der Waals surface area contributed by atoms with Gasteiger partial charge in [-0.25, -0.2) is 0 Å². The van der Waals surface area contributed by atoms with E-state index in [0.29, 0.717) is 33.3 Å². The maximum atomic E-state index is 13.3. The van der Waals surface area contributed by atoms with E-state index in [1.807, 2.05) is 25.1 Å². The summed E-state index contributed by atoms with van der Waals surface area (Å²) in [5.41, 5.74) is 2.24. The number of hydrogen-bond donors (Lipinski definition) is 1. The van der Waals surface area contributed by atoms with Crippen molar-refractivity contribution in [2.24, 2.45) is 0 Å². The van der Waals surface area contributed by atoms with Crippen molar-refractivity contribution in [3.05, 3.63) is 93.0 Å². The molecule has 0 aromatic heterocycles. The number of aliphatic hydroxyl groups is 1. The minimum atomic E-state index is -0.884. The second-order valence-corrected chi connectivity index (χ2v) is 8.57. The van der Waals surface area contributed by atoms with Crippen LogP contribution in [0.1, 0.15) is 22.7 Å². The summed E-state index contributed by atoms with van der Waals surface area (Å²) in [6.07, 6.45) is 0. The first-order valence-corrected chi connectivity index (χ1v) is 11.1.